The number of hydrogen-bond acceptors (Lipinski definition) is 2. The van der Waals surface area contributed by atoms with Crippen LogP contribution in [0.2, 0.25) is 0 Å². The second-order valence-corrected chi connectivity index (χ2v) is 19.2. The number of rotatable bonds is 13. The van der Waals surface area contributed by atoms with E-state index in [-0.39, 0.29) is 5.92 Å². The molecule has 10 aromatic rings. The third-order valence-electron chi connectivity index (χ3n) is 14.5. The summed E-state index contributed by atoms with van der Waals surface area (Å²) in [5, 5.41) is 0. The maximum atomic E-state index is 2.46. The van der Waals surface area contributed by atoms with Crippen molar-refractivity contribution in [1.29, 1.82) is 0 Å². The summed E-state index contributed by atoms with van der Waals surface area (Å²) in [6, 6.07) is 93.2. The SMILES string of the molecule is C1=CCC(c2ccc(N(c3ccc(-c4ccccc4)cc3)c3cc(-c4ccccc4)c(-c4ccc(N(c5ccc(-c6ccccc6)cc5)c5ccc(-c6ccccc6)cc5)cc4)c(C4C=CC=CC4)c3)cc2)C=C1. The second-order valence-electron chi connectivity index (χ2n) is 19.2. The summed E-state index contributed by atoms with van der Waals surface area (Å²) in [4.78, 5) is 4.82. The van der Waals surface area contributed by atoms with Crippen LogP contribution in [-0.4, -0.2) is 0 Å². The van der Waals surface area contributed by atoms with Gasteiger partial charge < -0.3 is 9.80 Å². The van der Waals surface area contributed by atoms with Crippen molar-refractivity contribution >= 4 is 34.1 Å². The average molecular weight is 949 g/mol. The molecule has 0 fully saturated rings. The molecule has 0 heterocycles. The molecule has 2 atom stereocenters. The van der Waals surface area contributed by atoms with E-state index < -0.39 is 0 Å². The van der Waals surface area contributed by atoms with Gasteiger partial charge >= 0.3 is 0 Å². The molecular weight excluding hydrogens is 893 g/mol. The molecule has 10 aromatic carbocycles. The van der Waals surface area contributed by atoms with Crippen LogP contribution in [0.3, 0.4) is 0 Å². The summed E-state index contributed by atoms with van der Waals surface area (Å²) in [7, 11) is 0. The molecule has 0 saturated heterocycles. The third kappa shape index (κ3) is 9.74. The van der Waals surface area contributed by atoms with E-state index in [2.05, 4.69) is 313 Å². The number of nitrogens with zero attached hydrogens (tertiary/aromatic N) is 2. The normalized spacial score (nSPS) is 14.7. The van der Waals surface area contributed by atoms with Gasteiger partial charge in [0.05, 0.1) is 0 Å². The van der Waals surface area contributed by atoms with E-state index in [0.29, 0.717) is 5.92 Å². The van der Waals surface area contributed by atoms with Crippen molar-refractivity contribution in [2.24, 2.45) is 0 Å². The van der Waals surface area contributed by atoms with E-state index >= 15 is 0 Å². The molecule has 0 spiro atoms. The lowest BCUT2D eigenvalue weighted by Gasteiger charge is -2.30. The highest BCUT2D eigenvalue weighted by Gasteiger charge is 2.25. The zero-order chi connectivity index (χ0) is 49.5. The van der Waals surface area contributed by atoms with E-state index in [4.69, 9.17) is 0 Å². The molecule has 0 aliphatic heterocycles. The molecule has 0 bridgehead atoms. The van der Waals surface area contributed by atoms with Gasteiger partial charge in [-0.3, -0.25) is 0 Å². The largest absolute Gasteiger partial charge is 0.311 e. The molecule has 2 unspecified atom stereocenters. The standard InChI is InChI=1S/C72H56N2/c1-7-19-53(20-8-1)57-31-41-64(42-32-57)73(65-43-33-58(34-44-65)54-21-9-2-10-22-54)66-49-39-63(40-50-66)72-70(61-27-15-5-16-28-61)51-69(52-71(72)62-29-17-6-18-30-62)74(67-45-35-59(36-46-67)55-23-11-3-12-24-55)68-47-37-60(38-48-68)56-25-13-4-14-26-56/h1-25,27-29,31-52,56,62H,26,30H2. The van der Waals surface area contributed by atoms with Crippen molar-refractivity contribution in [2.75, 3.05) is 9.80 Å². The van der Waals surface area contributed by atoms with Crippen molar-refractivity contribution < 1.29 is 0 Å². The molecule has 0 N–H and O–H groups in total. The van der Waals surface area contributed by atoms with Gasteiger partial charge in [-0.25, -0.2) is 0 Å². The van der Waals surface area contributed by atoms with Crippen LogP contribution in [0.4, 0.5) is 34.1 Å². The van der Waals surface area contributed by atoms with Gasteiger partial charge in [-0.2, -0.15) is 0 Å². The topological polar surface area (TPSA) is 6.48 Å². The summed E-state index contributed by atoms with van der Waals surface area (Å²) in [6.07, 6.45) is 19.9. The lowest BCUT2D eigenvalue weighted by molar-refractivity contribution is 0.853. The van der Waals surface area contributed by atoms with Crippen LogP contribution in [0.25, 0.3) is 55.6 Å². The fourth-order valence-electron chi connectivity index (χ4n) is 10.7. The van der Waals surface area contributed by atoms with Crippen molar-refractivity contribution in [3.63, 3.8) is 0 Å². The van der Waals surface area contributed by atoms with Gasteiger partial charge in [-0.1, -0.05) is 231 Å². The van der Waals surface area contributed by atoms with Gasteiger partial charge in [0.15, 0.2) is 0 Å². The number of allylic oxidation sites excluding steroid dienone is 8. The second kappa shape index (κ2) is 21.2. The first-order chi connectivity index (χ1) is 36.7. The highest BCUT2D eigenvalue weighted by atomic mass is 15.1. The molecule has 0 saturated carbocycles. The predicted molar refractivity (Wildman–Crippen MR) is 314 cm³/mol. The Balaban J connectivity index is 0.996. The minimum Gasteiger partial charge on any atom is -0.311 e. The summed E-state index contributed by atoms with van der Waals surface area (Å²) >= 11 is 0. The van der Waals surface area contributed by atoms with Crippen LogP contribution < -0.4 is 9.80 Å². The van der Waals surface area contributed by atoms with Crippen molar-refractivity contribution in [3.8, 4) is 55.6 Å². The Morgan fingerprint density at radius 1 is 0.270 bits per heavy atom. The summed E-state index contributed by atoms with van der Waals surface area (Å²) in [5.74, 6) is 0.531. The lowest BCUT2D eigenvalue weighted by Crippen LogP contribution is -2.12. The molecule has 2 aliphatic rings. The lowest BCUT2D eigenvalue weighted by atomic mass is 9.82. The van der Waals surface area contributed by atoms with Crippen molar-refractivity contribution in [3.05, 3.63) is 315 Å². The van der Waals surface area contributed by atoms with Crippen molar-refractivity contribution in [2.45, 2.75) is 24.7 Å². The van der Waals surface area contributed by atoms with Gasteiger partial charge in [0.2, 0.25) is 0 Å². The maximum Gasteiger partial charge on any atom is 0.0471 e. The minimum atomic E-state index is 0.163. The summed E-state index contributed by atoms with van der Waals surface area (Å²) in [6.45, 7) is 0. The van der Waals surface area contributed by atoms with Gasteiger partial charge in [0.1, 0.15) is 0 Å². The first-order valence-corrected chi connectivity index (χ1v) is 25.9. The van der Waals surface area contributed by atoms with Gasteiger partial charge in [0.25, 0.3) is 0 Å². The highest BCUT2D eigenvalue weighted by Crippen LogP contribution is 2.48. The molecule has 12 rings (SSSR count). The van der Waals surface area contributed by atoms with Crippen LogP contribution in [0.1, 0.15) is 35.8 Å². The van der Waals surface area contributed by atoms with Gasteiger partial charge in [0, 0.05) is 46.0 Å². The third-order valence-corrected chi connectivity index (χ3v) is 14.5. The number of benzene rings is 10. The zero-order valence-corrected chi connectivity index (χ0v) is 41.3. The Kier molecular flexibility index (Phi) is 13.2. The molecule has 2 aliphatic carbocycles. The molecular formula is C72H56N2. The molecule has 2 heteroatoms. The molecule has 0 amide bonds. The molecule has 0 aromatic heterocycles. The summed E-state index contributed by atoms with van der Waals surface area (Å²) in [5.41, 5.74) is 21.2. The van der Waals surface area contributed by atoms with Crippen LogP contribution in [0.5, 0.6) is 0 Å². The molecule has 354 valence electrons. The Bertz CT molecular complexity index is 3510. The first kappa shape index (κ1) is 45.9. The fraction of sp³-hybridized carbons (Fsp3) is 0.0556. The Labute approximate surface area is 436 Å². The Morgan fingerprint density at radius 2 is 0.608 bits per heavy atom. The average Bonchev–Trinajstić information content (AvgIpc) is 3.49. The number of hydrogen-bond donors (Lipinski definition) is 0. The quantitative estimate of drug-likeness (QED) is 0.114. The van der Waals surface area contributed by atoms with Crippen LogP contribution in [-0.2, 0) is 0 Å². The van der Waals surface area contributed by atoms with Crippen LogP contribution in [0, 0.1) is 0 Å². The highest BCUT2D eigenvalue weighted by molar-refractivity contribution is 5.93. The van der Waals surface area contributed by atoms with Gasteiger partial charge in [-0.05, 0) is 152 Å². The van der Waals surface area contributed by atoms with Crippen LogP contribution >= 0.6 is 0 Å². The molecule has 74 heavy (non-hydrogen) atoms. The predicted octanol–water partition coefficient (Wildman–Crippen LogP) is 20.2. The minimum absolute atomic E-state index is 0.163. The van der Waals surface area contributed by atoms with Gasteiger partial charge in [-0.15, -0.1) is 0 Å². The Hall–Kier alpha value is -9.24. The summed E-state index contributed by atoms with van der Waals surface area (Å²) < 4.78 is 0. The molecule has 0 radical (unpaired) electrons. The van der Waals surface area contributed by atoms with E-state index in [1.807, 2.05) is 0 Å². The number of anilines is 6. The maximum absolute atomic E-state index is 2.46. The Morgan fingerprint density at radius 3 is 1.00 bits per heavy atom. The van der Waals surface area contributed by atoms with Crippen molar-refractivity contribution in [1.82, 2.24) is 0 Å². The van der Waals surface area contributed by atoms with E-state index in [1.54, 1.807) is 0 Å². The van der Waals surface area contributed by atoms with E-state index in [9.17, 15) is 0 Å². The fourth-order valence-corrected chi connectivity index (χ4v) is 10.7. The van der Waals surface area contributed by atoms with Crippen LogP contribution in [0.15, 0.2) is 303 Å². The first-order valence-electron chi connectivity index (χ1n) is 25.9. The zero-order valence-electron chi connectivity index (χ0n) is 41.3. The van der Waals surface area contributed by atoms with E-state index in [0.717, 1.165) is 47.0 Å². The van der Waals surface area contributed by atoms with E-state index in [1.165, 1.54) is 66.8 Å². The molecule has 2 nitrogen and oxygen atoms in total. The monoisotopic (exact) mass is 948 g/mol. The smallest absolute Gasteiger partial charge is 0.0471 e.